The van der Waals surface area contributed by atoms with Crippen LogP contribution in [0.15, 0.2) is 30.3 Å². The number of aliphatic carboxylic acids is 1. The Morgan fingerprint density at radius 1 is 1.04 bits per heavy atom. The van der Waals surface area contributed by atoms with Crippen LogP contribution in [0.3, 0.4) is 0 Å². The molecule has 0 bridgehead atoms. The summed E-state index contributed by atoms with van der Waals surface area (Å²) in [5.74, 6) is -1.37. The molecule has 1 amide bonds. The summed E-state index contributed by atoms with van der Waals surface area (Å²) < 4.78 is 0. The molecule has 6 nitrogen and oxygen atoms in total. The van der Waals surface area contributed by atoms with Gasteiger partial charge in [0, 0.05) is 45.8 Å². The Kier molecular flexibility index (Phi) is 5.71. The number of carboxylic acids is 1. The first-order chi connectivity index (χ1) is 12.0. The van der Waals surface area contributed by atoms with Gasteiger partial charge in [-0.25, -0.2) is 0 Å². The van der Waals surface area contributed by atoms with Gasteiger partial charge in [-0.2, -0.15) is 0 Å². The third-order valence-electron chi connectivity index (χ3n) is 5.29. The van der Waals surface area contributed by atoms with Crippen LogP contribution in [0.2, 0.25) is 0 Å². The maximum atomic E-state index is 12.9. The maximum Gasteiger partial charge on any atom is 0.307 e. The first-order valence-electron chi connectivity index (χ1n) is 8.99. The molecule has 1 aromatic carbocycles. The normalized spacial score (nSPS) is 25.7. The number of likely N-dealkylation sites (tertiary alicyclic amines) is 1. The van der Waals surface area contributed by atoms with Gasteiger partial charge in [0.2, 0.25) is 5.91 Å². The van der Waals surface area contributed by atoms with Crippen LogP contribution < -0.4 is 0 Å². The molecule has 2 aliphatic heterocycles. The lowest BCUT2D eigenvalue weighted by molar-refractivity contribution is -0.148. The number of amides is 1. The molecular formula is C19H27N3O3. The Bertz CT molecular complexity index is 599. The van der Waals surface area contributed by atoms with Gasteiger partial charge in [0.05, 0.1) is 11.8 Å². The van der Waals surface area contributed by atoms with E-state index in [2.05, 4.69) is 16.8 Å². The van der Waals surface area contributed by atoms with Crippen molar-refractivity contribution in [1.29, 1.82) is 0 Å². The number of likely N-dealkylation sites (N-methyl/N-ethyl adjacent to an activating group) is 1. The van der Waals surface area contributed by atoms with Crippen LogP contribution in [-0.2, 0) is 16.1 Å². The summed E-state index contributed by atoms with van der Waals surface area (Å²) in [6.45, 7) is 5.09. The molecule has 2 fully saturated rings. The van der Waals surface area contributed by atoms with Crippen molar-refractivity contribution in [1.82, 2.24) is 14.7 Å². The van der Waals surface area contributed by atoms with E-state index in [0.29, 0.717) is 26.1 Å². The zero-order valence-corrected chi connectivity index (χ0v) is 14.8. The van der Waals surface area contributed by atoms with Crippen molar-refractivity contribution in [3.8, 4) is 0 Å². The predicted octanol–water partition coefficient (Wildman–Crippen LogP) is 0.983. The molecule has 2 aliphatic rings. The second kappa shape index (κ2) is 7.97. The van der Waals surface area contributed by atoms with Crippen LogP contribution >= 0.6 is 0 Å². The number of benzene rings is 1. The second-order valence-corrected chi connectivity index (χ2v) is 7.28. The van der Waals surface area contributed by atoms with Gasteiger partial charge in [-0.1, -0.05) is 30.3 Å². The van der Waals surface area contributed by atoms with Crippen LogP contribution in [0.5, 0.6) is 0 Å². The Labute approximate surface area is 149 Å². The molecule has 0 spiro atoms. The van der Waals surface area contributed by atoms with Gasteiger partial charge in [0.1, 0.15) is 0 Å². The van der Waals surface area contributed by atoms with E-state index in [1.54, 1.807) is 0 Å². The Morgan fingerprint density at radius 2 is 1.68 bits per heavy atom. The molecule has 2 heterocycles. The molecular weight excluding hydrogens is 318 g/mol. The first kappa shape index (κ1) is 17.9. The number of rotatable bonds is 4. The summed E-state index contributed by atoms with van der Waals surface area (Å²) in [5.41, 5.74) is 1.15. The number of carboxylic acid groups (broad SMARTS) is 1. The van der Waals surface area contributed by atoms with Crippen molar-refractivity contribution in [3.05, 3.63) is 35.9 Å². The fraction of sp³-hybridized carbons (Fsp3) is 0.579. The Morgan fingerprint density at radius 3 is 2.32 bits per heavy atom. The van der Waals surface area contributed by atoms with Crippen molar-refractivity contribution in [2.24, 2.45) is 11.8 Å². The molecule has 0 aliphatic carbocycles. The topological polar surface area (TPSA) is 64.1 Å². The predicted molar refractivity (Wildman–Crippen MR) is 95.0 cm³/mol. The van der Waals surface area contributed by atoms with Gasteiger partial charge in [0.15, 0.2) is 0 Å². The summed E-state index contributed by atoms with van der Waals surface area (Å²) in [4.78, 5) is 30.7. The van der Waals surface area contributed by atoms with E-state index in [4.69, 9.17) is 0 Å². The molecule has 1 N–H and O–H groups in total. The minimum Gasteiger partial charge on any atom is -0.481 e. The van der Waals surface area contributed by atoms with Crippen LogP contribution in [0, 0.1) is 11.8 Å². The van der Waals surface area contributed by atoms with Gasteiger partial charge >= 0.3 is 5.97 Å². The lowest BCUT2D eigenvalue weighted by Gasteiger charge is -2.39. The molecule has 2 saturated heterocycles. The van der Waals surface area contributed by atoms with E-state index in [1.165, 1.54) is 0 Å². The van der Waals surface area contributed by atoms with Crippen LogP contribution in [0.1, 0.15) is 12.0 Å². The van der Waals surface area contributed by atoms with Gasteiger partial charge in [-0.3, -0.25) is 14.5 Å². The maximum absolute atomic E-state index is 12.9. The number of hydrogen-bond acceptors (Lipinski definition) is 4. The van der Waals surface area contributed by atoms with Crippen LogP contribution in [-0.4, -0.2) is 78.0 Å². The average Bonchev–Trinajstić information content (AvgIpc) is 2.62. The standard InChI is InChI=1S/C19H27N3O3/c1-20-7-9-22(10-8-20)18(23)16-11-17(19(24)25)14-21(13-16)12-15-5-3-2-4-6-15/h2-6,16-17H,7-14H2,1H3,(H,24,25)/t16-,17+/m1/s1. The second-order valence-electron chi connectivity index (χ2n) is 7.28. The quantitative estimate of drug-likeness (QED) is 0.881. The minimum absolute atomic E-state index is 0.122. The SMILES string of the molecule is CN1CCN(C(=O)[C@@H]2C[C@H](C(=O)O)CN(Cc3ccccc3)C2)CC1. The zero-order chi connectivity index (χ0) is 17.8. The molecule has 2 atom stereocenters. The van der Waals surface area contributed by atoms with Gasteiger partial charge in [-0.15, -0.1) is 0 Å². The fourth-order valence-electron chi connectivity index (χ4n) is 3.80. The average molecular weight is 345 g/mol. The molecule has 0 saturated carbocycles. The highest BCUT2D eigenvalue weighted by Crippen LogP contribution is 2.26. The minimum atomic E-state index is -0.797. The van der Waals surface area contributed by atoms with E-state index in [1.807, 2.05) is 35.2 Å². The smallest absolute Gasteiger partial charge is 0.307 e. The molecule has 25 heavy (non-hydrogen) atoms. The fourth-order valence-corrected chi connectivity index (χ4v) is 3.80. The summed E-state index contributed by atoms with van der Waals surface area (Å²) >= 11 is 0. The number of piperazine rings is 1. The molecule has 0 radical (unpaired) electrons. The van der Waals surface area contributed by atoms with Crippen molar-refractivity contribution in [2.45, 2.75) is 13.0 Å². The first-order valence-corrected chi connectivity index (χ1v) is 8.99. The number of nitrogens with zero attached hydrogens (tertiary/aromatic N) is 3. The zero-order valence-electron chi connectivity index (χ0n) is 14.8. The Balaban J connectivity index is 1.67. The van der Waals surface area contributed by atoms with E-state index < -0.39 is 11.9 Å². The van der Waals surface area contributed by atoms with Crippen LogP contribution in [0.25, 0.3) is 0 Å². The monoisotopic (exact) mass is 345 g/mol. The van der Waals surface area contributed by atoms with Crippen LogP contribution in [0.4, 0.5) is 0 Å². The number of piperidine rings is 1. The van der Waals surface area contributed by atoms with Crippen molar-refractivity contribution < 1.29 is 14.7 Å². The van der Waals surface area contributed by atoms with Crippen molar-refractivity contribution >= 4 is 11.9 Å². The van der Waals surface area contributed by atoms with E-state index >= 15 is 0 Å². The highest BCUT2D eigenvalue weighted by Gasteiger charge is 2.37. The van der Waals surface area contributed by atoms with Crippen molar-refractivity contribution in [2.75, 3.05) is 46.3 Å². The summed E-state index contributed by atoms with van der Waals surface area (Å²) in [6, 6.07) is 10.0. The molecule has 136 valence electrons. The van der Waals surface area contributed by atoms with Gasteiger partial charge in [0.25, 0.3) is 0 Å². The van der Waals surface area contributed by atoms with Gasteiger partial charge < -0.3 is 14.9 Å². The third kappa shape index (κ3) is 4.58. The Hall–Kier alpha value is -1.92. The molecule has 1 aromatic rings. The number of carbonyl (C=O) groups is 2. The third-order valence-corrected chi connectivity index (χ3v) is 5.29. The molecule has 3 rings (SSSR count). The lowest BCUT2D eigenvalue weighted by Crippen LogP contribution is -2.53. The van der Waals surface area contributed by atoms with E-state index in [-0.39, 0.29) is 11.8 Å². The number of hydrogen-bond donors (Lipinski definition) is 1. The lowest BCUT2D eigenvalue weighted by atomic mass is 9.87. The van der Waals surface area contributed by atoms with E-state index in [0.717, 1.165) is 31.7 Å². The molecule has 0 aromatic heterocycles. The number of carbonyl (C=O) groups excluding carboxylic acids is 1. The summed E-state index contributed by atoms with van der Waals surface area (Å²) in [5, 5.41) is 9.51. The highest BCUT2D eigenvalue weighted by molar-refractivity contribution is 5.80. The summed E-state index contributed by atoms with van der Waals surface area (Å²) in [6.07, 6.45) is 0.450. The van der Waals surface area contributed by atoms with Crippen molar-refractivity contribution in [3.63, 3.8) is 0 Å². The highest BCUT2D eigenvalue weighted by atomic mass is 16.4. The van der Waals surface area contributed by atoms with E-state index in [9.17, 15) is 14.7 Å². The molecule has 0 unspecified atom stereocenters. The largest absolute Gasteiger partial charge is 0.481 e. The van der Waals surface area contributed by atoms with Gasteiger partial charge in [-0.05, 0) is 19.0 Å². The summed E-state index contributed by atoms with van der Waals surface area (Å²) in [7, 11) is 2.06. The molecule has 6 heteroatoms.